The van der Waals surface area contributed by atoms with Gasteiger partial charge in [0.2, 0.25) is 16.9 Å². The first-order valence-electron chi connectivity index (χ1n) is 6.70. The number of amides is 2. The molecule has 0 radical (unpaired) electrons. The summed E-state index contributed by atoms with van der Waals surface area (Å²) >= 11 is 2.36. The van der Waals surface area contributed by atoms with Crippen LogP contribution in [0.2, 0.25) is 0 Å². The first-order chi connectivity index (χ1) is 11.5. The predicted molar refractivity (Wildman–Crippen MR) is 91.3 cm³/mol. The van der Waals surface area contributed by atoms with Gasteiger partial charge in [-0.2, -0.15) is 0 Å². The molecule has 2 amide bonds. The Balaban J connectivity index is 1.93. The Morgan fingerprint density at radius 2 is 1.96 bits per heavy atom. The molecule has 0 aliphatic heterocycles. The topological polar surface area (TPSA) is 110 Å². The molecule has 10 heteroatoms. The van der Waals surface area contributed by atoms with Crippen molar-refractivity contribution in [2.24, 2.45) is 0 Å². The second-order valence-corrected chi connectivity index (χ2v) is 6.63. The molecule has 0 bridgehead atoms. The molecule has 1 aromatic heterocycles. The number of nitrogens with one attached hydrogen (secondary N) is 2. The number of carbonyl (C=O) groups excluding carboxylic acids is 3. The average molecular weight is 366 g/mol. The normalized spacial score (nSPS) is 10.1. The van der Waals surface area contributed by atoms with Crippen LogP contribution >= 0.6 is 23.1 Å². The summed E-state index contributed by atoms with van der Waals surface area (Å²) in [6.45, 7) is 1.38. The lowest BCUT2D eigenvalue weighted by atomic mass is 10.2. The van der Waals surface area contributed by atoms with Gasteiger partial charge in [-0.25, -0.2) is 4.79 Å². The van der Waals surface area contributed by atoms with E-state index in [4.69, 9.17) is 0 Å². The van der Waals surface area contributed by atoms with Gasteiger partial charge in [-0.3, -0.25) is 9.59 Å². The lowest BCUT2D eigenvalue weighted by Crippen LogP contribution is -2.17. The average Bonchev–Trinajstić information content (AvgIpc) is 2.99. The number of esters is 1. The van der Waals surface area contributed by atoms with E-state index in [-0.39, 0.29) is 23.1 Å². The molecule has 2 N–H and O–H groups in total. The van der Waals surface area contributed by atoms with Crippen LogP contribution in [0.25, 0.3) is 0 Å². The minimum absolute atomic E-state index is 0.0875. The lowest BCUT2D eigenvalue weighted by molar-refractivity contribution is -0.114. The molecule has 8 nitrogen and oxygen atoms in total. The molecule has 1 aromatic carbocycles. The summed E-state index contributed by atoms with van der Waals surface area (Å²) in [6, 6.07) is 6.58. The zero-order valence-corrected chi connectivity index (χ0v) is 14.5. The van der Waals surface area contributed by atoms with Crippen LogP contribution in [0.4, 0.5) is 10.8 Å². The predicted octanol–water partition coefficient (Wildman–Crippen LogP) is 2.01. The van der Waals surface area contributed by atoms with E-state index in [2.05, 4.69) is 25.6 Å². The van der Waals surface area contributed by atoms with Crippen molar-refractivity contribution in [3.05, 3.63) is 29.8 Å². The molecule has 0 atom stereocenters. The highest BCUT2D eigenvalue weighted by Gasteiger charge is 2.14. The summed E-state index contributed by atoms with van der Waals surface area (Å²) in [6.07, 6.45) is 0. The van der Waals surface area contributed by atoms with Gasteiger partial charge >= 0.3 is 5.97 Å². The number of thioether (sulfide) groups is 1. The number of aromatic nitrogens is 2. The Hall–Kier alpha value is -2.46. The number of methoxy groups -OCH3 is 1. The monoisotopic (exact) mass is 366 g/mol. The number of nitrogens with zero attached hydrogens (tertiary/aromatic N) is 2. The number of ether oxygens (including phenoxy) is 1. The highest BCUT2D eigenvalue weighted by atomic mass is 32.2. The molecule has 0 unspecified atom stereocenters. The van der Waals surface area contributed by atoms with Crippen LogP contribution in [-0.2, 0) is 14.3 Å². The number of hydrogen-bond acceptors (Lipinski definition) is 8. The van der Waals surface area contributed by atoms with Gasteiger partial charge in [0.25, 0.3) is 0 Å². The van der Waals surface area contributed by atoms with Gasteiger partial charge in [0, 0.05) is 6.92 Å². The SMILES string of the molecule is COC(=O)c1ccccc1NC(=O)CSc1nnc(NC(C)=O)s1. The number of benzene rings is 1. The Morgan fingerprint density at radius 1 is 1.21 bits per heavy atom. The Kier molecular flexibility index (Phi) is 6.27. The second kappa shape index (κ2) is 8.41. The first kappa shape index (κ1) is 17.9. The zero-order valence-electron chi connectivity index (χ0n) is 12.9. The third-order valence-electron chi connectivity index (χ3n) is 2.62. The minimum atomic E-state index is -0.525. The largest absolute Gasteiger partial charge is 0.465 e. The summed E-state index contributed by atoms with van der Waals surface area (Å²) in [5.41, 5.74) is 0.661. The Bertz CT molecular complexity index is 763. The van der Waals surface area contributed by atoms with E-state index in [0.29, 0.717) is 15.2 Å². The molecule has 1 heterocycles. The van der Waals surface area contributed by atoms with Gasteiger partial charge in [0.1, 0.15) is 0 Å². The van der Waals surface area contributed by atoms with Gasteiger partial charge < -0.3 is 15.4 Å². The number of hydrogen-bond donors (Lipinski definition) is 2. The quantitative estimate of drug-likeness (QED) is 0.457. The molecule has 2 aromatic rings. The lowest BCUT2D eigenvalue weighted by Gasteiger charge is -2.08. The molecule has 0 saturated heterocycles. The van der Waals surface area contributed by atoms with Gasteiger partial charge in [0.15, 0.2) is 4.34 Å². The van der Waals surface area contributed by atoms with Crippen LogP contribution in [0, 0.1) is 0 Å². The minimum Gasteiger partial charge on any atom is -0.465 e. The van der Waals surface area contributed by atoms with Crippen LogP contribution in [0.3, 0.4) is 0 Å². The van der Waals surface area contributed by atoms with E-state index in [1.54, 1.807) is 24.3 Å². The van der Waals surface area contributed by atoms with Gasteiger partial charge in [0.05, 0.1) is 24.1 Å². The molecule has 0 spiro atoms. The second-order valence-electron chi connectivity index (χ2n) is 4.43. The molecule has 24 heavy (non-hydrogen) atoms. The van der Waals surface area contributed by atoms with Crippen molar-refractivity contribution in [3.63, 3.8) is 0 Å². The summed E-state index contributed by atoms with van der Waals surface area (Å²) in [5, 5.41) is 13.2. The molecule has 126 valence electrons. The van der Waals surface area contributed by atoms with Crippen molar-refractivity contribution in [1.82, 2.24) is 10.2 Å². The van der Waals surface area contributed by atoms with E-state index in [0.717, 1.165) is 0 Å². The molecule has 0 fully saturated rings. The van der Waals surface area contributed by atoms with Crippen LogP contribution in [-0.4, -0.2) is 40.8 Å². The van der Waals surface area contributed by atoms with Crippen molar-refractivity contribution in [3.8, 4) is 0 Å². The van der Waals surface area contributed by atoms with Crippen LogP contribution < -0.4 is 10.6 Å². The highest BCUT2D eigenvalue weighted by Crippen LogP contribution is 2.25. The summed E-state index contributed by atoms with van der Waals surface area (Å²) in [4.78, 5) is 34.6. The fourth-order valence-electron chi connectivity index (χ4n) is 1.66. The number of anilines is 2. The van der Waals surface area contributed by atoms with Crippen molar-refractivity contribution < 1.29 is 19.1 Å². The molecule has 2 rings (SSSR count). The molecule has 0 saturated carbocycles. The fraction of sp³-hybridized carbons (Fsp3) is 0.214. The first-order valence-corrected chi connectivity index (χ1v) is 8.51. The molecule has 0 aliphatic rings. The van der Waals surface area contributed by atoms with E-state index in [9.17, 15) is 14.4 Å². The van der Waals surface area contributed by atoms with E-state index < -0.39 is 5.97 Å². The molecular weight excluding hydrogens is 352 g/mol. The highest BCUT2D eigenvalue weighted by molar-refractivity contribution is 8.01. The Morgan fingerprint density at radius 3 is 2.67 bits per heavy atom. The standard InChI is InChI=1S/C14H14N4O4S2/c1-8(19)15-13-17-18-14(24-13)23-7-11(20)16-10-6-4-3-5-9(10)12(21)22-2/h3-6H,7H2,1-2H3,(H,16,20)(H,15,17,19). The van der Waals surface area contributed by atoms with Crippen LogP contribution in [0.5, 0.6) is 0 Å². The van der Waals surface area contributed by atoms with Crippen LogP contribution in [0.15, 0.2) is 28.6 Å². The smallest absolute Gasteiger partial charge is 0.339 e. The van der Waals surface area contributed by atoms with E-state index in [1.165, 1.54) is 37.1 Å². The van der Waals surface area contributed by atoms with Crippen LogP contribution in [0.1, 0.15) is 17.3 Å². The maximum absolute atomic E-state index is 12.0. The van der Waals surface area contributed by atoms with E-state index in [1.807, 2.05) is 0 Å². The third kappa shape index (κ3) is 5.03. The maximum Gasteiger partial charge on any atom is 0.339 e. The molecule has 0 aliphatic carbocycles. The van der Waals surface area contributed by atoms with Gasteiger partial charge in [-0.05, 0) is 12.1 Å². The zero-order chi connectivity index (χ0) is 17.5. The van der Waals surface area contributed by atoms with Crippen molar-refractivity contribution in [1.29, 1.82) is 0 Å². The third-order valence-corrected chi connectivity index (χ3v) is 4.59. The van der Waals surface area contributed by atoms with Crippen molar-refractivity contribution in [2.45, 2.75) is 11.3 Å². The summed E-state index contributed by atoms with van der Waals surface area (Å²) < 4.78 is 5.23. The summed E-state index contributed by atoms with van der Waals surface area (Å²) in [7, 11) is 1.28. The number of rotatable bonds is 6. The summed E-state index contributed by atoms with van der Waals surface area (Å²) in [5.74, 6) is -0.973. The van der Waals surface area contributed by atoms with Gasteiger partial charge in [-0.1, -0.05) is 35.2 Å². The van der Waals surface area contributed by atoms with Gasteiger partial charge in [-0.15, -0.1) is 10.2 Å². The van der Waals surface area contributed by atoms with E-state index >= 15 is 0 Å². The number of carbonyl (C=O) groups is 3. The van der Waals surface area contributed by atoms with Crippen molar-refractivity contribution in [2.75, 3.05) is 23.5 Å². The fourth-order valence-corrected chi connectivity index (χ4v) is 3.26. The van der Waals surface area contributed by atoms with Crippen molar-refractivity contribution >= 4 is 51.7 Å². The maximum atomic E-state index is 12.0. The Labute approximate surface area is 146 Å². The molecular formula is C14H14N4O4S2. The number of para-hydroxylation sites is 1.